The molecular formula is C11H15NO2. The number of hydrogen-bond acceptors (Lipinski definition) is 2. The lowest BCUT2D eigenvalue weighted by atomic mass is 9.82. The minimum Gasteiger partial charge on any atom is -0.477 e. The second-order valence-electron chi connectivity index (χ2n) is 3.75. The van der Waals surface area contributed by atoms with Crippen LogP contribution in [0, 0.1) is 17.2 Å². The zero-order valence-corrected chi connectivity index (χ0v) is 8.42. The summed E-state index contributed by atoms with van der Waals surface area (Å²) in [5.41, 5.74) is 0.809. The van der Waals surface area contributed by atoms with Gasteiger partial charge in [-0.25, -0.2) is 4.79 Å². The number of aliphatic carboxylic acids is 1. The van der Waals surface area contributed by atoms with Crippen molar-refractivity contribution >= 4 is 5.97 Å². The highest BCUT2D eigenvalue weighted by Crippen LogP contribution is 2.31. The van der Waals surface area contributed by atoms with Crippen LogP contribution in [0.15, 0.2) is 11.1 Å². The van der Waals surface area contributed by atoms with Crippen molar-refractivity contribution in [2.75, 3.05) is 0 Å². The van der Waals surface area contributed by atoms with Crippen LogP contribution in [0.4, 0.5) is 0 Å². The average molecular weight is 193 g/mol. The van der Waals surface area contributed by atoms with Crippen LogP contribution < -0.4 is 0 Å². The zero-order chi connectivity index (χ0) is 10.6. The number of carbonyl (C=O) groups is 1. The third-order valence-corrected chi connectivity index (χ3v) is 2.97. The molecule has 0 spiro atoms. The lowest BCUT2D eigenvalue weighted by Gasteiger charge is -2.22. The summed E-state index contributed by atoms with van der Waals surface area (Å²) in [5, 5.41) is 17.5. The molecule has 1 saturated carbocycles. The highest BCUT2D eigenvalue weighted by Gasteiger charge is 2.20. The first-order valence-electron chi connectivity index (χ1n) is 5.04. The van der Waals surface area contributed by atoms with E-state index in [-0.39, 0.29) is 5.57 Å². The quantitative estimate of drug-likeness (QED) is 0.541. The smallest absolute Gasteiger partial charge is 0.346 e. The number of hydrogen-bond donors (Lipinski definition) is 1. The number of nitriles is 1. The summed E-state index contributed by atoms with van der Waals surface area (Å²) in [6, 6.07) is 1.78. The molecule has 3 heteroatoms. The van der Waals surface area contributed by atoms with Crippen molar-refractivity contribution < 1.29 is 9.90 Å². The van der Waals surface area contributed by atoms with Gasteiger partial charge in [-0.3, -0.25) is 0 Å². The molecule has 0 aromatic rings. The monoisotopic (exact) mass is 193 g/mol. The van der Waals surface area contributed by atoms with E-state index in [1.54, 1.807) is 6.07 Å². The molecule has 1 rings (SSSR count). The molecule has 1 aliphatic carbocycles. The van der Waals surface area contributed by atoms with Crippen molar-refractivity contribution in [1.82, 2.24) is 0 Å². The fourth-order valence-corrected chi connectivity index (χ4v) is 1.96. The van der Waals surface area contributed by atoms with E-state index in [0.29, 0.717) is 5.92 Å². The largest absolute Gasteiger partial charge is 0.477 e. The minimum absolute atomic E-state index is 0.0282. The number of rotatable bonds is 2. The molecule has 76 valence electrons. The minimum atomic E-state index is -1.07. The first-order chi connectivity index (χ1) is 6.69. The van der Waals surface area contributed by atoms with Gasteiger partial charge in [0.25, 0.3) is 0 Å². The second-order valence-corrected chi connectivity index (χ2v) is 3.75. The lowest BCUT2D eigenvalue weighted by molar-refractivity contribution is -0.132. The summed E-state index contributed by atoms with van der Waals surface area (Å²) in [5.74, 6) is -0.357. The van der Waals surface area contributed by atoms with Gasteiger partial charge in [0.05, 0.1) is 0 Å². The van der Waals surface area contributed by atoms with Crippen LogP contribution in [0.1, 0.15) is 39.0 Å². The van der Waals surface area contributed by atoms with Crippen molar-refractivity contribution in [2.45, 2.75) is 39.0 Å². The van der Waals surface area contributed by atoms with E-state index in [0.717, 1.165) is 37.7 Å². The third kappa shape index (κ3) is 2.35. The molecule has 3 nitrogen and oxygen atoms in total. The molecule has 0 amide bonds. The predicted octanol–water partition coefficient (Wildman–Crippen LogP) is 2.49. The van der Waals surface area contributed by atoms with E-state index in [9.17, 15) is 4.79 Å². The predicted molar refractivity (Wildman–Crippen MR) is 52.5 cm³/mol. The molecule has 0 saturated heterocycles. The van der Waals surface area contributed by atoms with Gasteiger partial charge in [-0.2, -0.15) is 5.26 Å². The van der Waals surface area contributed by atoms with Gasteiger partial charge in [0.2, 0.25) is 0 Å². The fraction of sp³-hybridized carbons (Fsp3) is 0.636. The number of allylic oxidation sites excluding steroid dienone is 1. The maximum atomic E-state index is 10.7. The van der Waals surface area contributed by atoms with Gasteiger partial charge in [0.1, 0.15) is 11.6 Å². The first-order valence-corrected chi connectivity index (χ1v) is 5.04. The zero-order valence-electron chi connectivity index (χ0n) is 8.42. The first kappa shape index (κ1) is 10.8. The molecule has 0 aromatic carbocycles. The van der Waals surface area contributed by atoms with E-state index in [1.807, 2.05) is 0 Å². The van der Waals surface area contributed by atoms with Crippen LogP contribution in [0.3, 0.4) is 0 Å². The molecule has 0 aliphatic heterocycles. The Morgan fingerprint density at radius 3 is 2.50 bits per heavy atom. The van der Waals surface area contributed by atoms with Gasteiger partial charge < -0.3 is 5.11 Å². The number of carboxylic acids is 1. The Kier molecular flexibility index (Phi) is 3.70. The van der Waals surface area contributed by atoms with Gasteiger partial charge in [0.15, 0.2) is 0 Å². The van der Waals surface area contributed by atoms with Gasteiger partial charge in [-0.15, -0.1) is 0 Å². The second kappa shape index (κ2) is 4.80. The molecule has 0 radical (unpaired) electrons. The van der Waals surface area contributed by atoms with Crippen molar-refractivity contribution in [1.29, 1.82) is 5.26 Å². The summed E-state index contributed by atoms with van der Waals surface area (Å²) < 4.78 is 0. The highest BCUT2D eigenvalue weighted by molar-refractivity contribution is 5.92. The summed E-state index contributed by atoms with van der Waals surface area (Å²) in [6.07, 6.45) is 4.79. The Morgan fingerprint density at radius 2 is 2.14 bits per heavy atom. The third-order valence-electron chi connectivity index (χ3n) is 2.97. The van der Waals surface area contributed by atoms with E-state index < -0.39 is 5.97 Å². The van der Waals surface area contributed by atoms with Crippen molar-refractivity contribution in [3.8, 4) is 6.07 Å². The molecular weight excluding hydrogens is 178 g/mol. The summed E-state index contributed by atoms with van der Waals surface area (Å²) in [6.45, 7) is 2.15. The van der Waals surface area contributed by atoms with E-state index in [1.165, 1.54) is 0 Å². The van der Waals surface area contributed by atoms with Gasteiger partial charge >= 0.3 is 5.97 Å². The Bertz CT molecular complexity index is 289. The van der Waals surface area contributed by atoms with Crippen LogP contribution in [-0.2, 0) is 4.79 Å². The van der Waals surface area contributed by atoms with Gasteiger partial charge in [-0.05, 0) is 37.2 Å². The Hall–Kier alpha value is -1.30. The molecule has 1 N–H and O–H groups in total. The van der Waals surface area contributed by atoms with Gasteiger partial charge in [0, 0.05) is 0 Å². The number of nitrogens with zero attached hydrogens (tertiary/aromatic N) is 1. The Labute approximate surface area is 84.0 Å². The maximum absolute atomic E-state index is 10.7. The Balaban J connectivity index is 2.72. The topological polar surface area (TPSA) is 61.1 Å². The molecule has 14 heavy (non-hydrogen) atoms. The molecule has 1 fully saturated rings. The standard InChI is InChI=1S/C11H15NO2/c1-2-8-3-5-9(6-4-8)10(7-12)11(13)14/h8H,2-6H2,1H3,(H,13,14). The van der Waals surface area contributed by atoms with Crippen molar-refractivity contribution in [3.05, 3.63) is 11.1 Å². The van der Waals surface area contributed by atoms with E-state index in [2.05, 4.69) is 6.92 Å². The molecule has 0 atom stereocenters. The van der Waals surface area contributed by atoms with E-state index in [4.69, 9.17) is 10.4 Å². The highest BCUT2D eigenvalue weighted by atomic mass is 16.4. The fourth-order valence-electron chi connectivity index (χ4n) is 1.96. The van der Waals surface area contributed by atoms with Crippen molar-refractivity contribution in [3.63, 3.8) is 0 Å². The molecule has 0 heterocycles. The van der Waals surface area contributed by atoms with Gasteiger partial charge in [-0.1, -0.05) is 13.3 Å². The SMILES string of the molecule is CCC1CCC(=C(C#N)C(=O)O)CC1. The van der Waals surface area contributed by atoms with Crippen LogP contribution in [0.2, 0.25) is 0 Å². The summed E-state index contributed by atoms with van der Waals surface area (Å²) in [4.78, 5) is 10.7. The van der Waals surface area contributed by atoms with Crippen LogP contribution >= 0.6 is 0 Å². The number of carboxylic acid groups (broad SMARTS) is 1. The molecule has 0 bridgehead atoms. The van der Waals surface area contributed by atoms with Crippen LogP contribution in [0.5, 0.6) is 0 Å². The lowest BCUT2D eigenvalue weighted by Crippen LogP contribution is -2.11. The normalized spacial score (nSPS) is 21.4. The maximum Gasteiger partial charge on any atom is 0.346 e. The molecule has 0 unspecified atom stereocenters. The summed E-state index contributed by atoms with van der Waals surface area (Å²) in [7, 11) is 0. The van der Waals surface area contributed by atoms with Crippen LogP contribution in [0.25, 0.3) is 0 Å². The molecule has 1 aliphatic rings. The average Bonchev–Trinajstić information content (AvgIpc) is 2.19. The van der Waals surface area contributed by atoms with Crippen LogP contribution in [-0.4, -0.2) is 11.1 Å². The van der Waals surface area contributed by atoms with E-state index >= 15 is 0 Å². The summed E-state index contributed by atoms with van der Waals surface area (Å²) >= 11 is 0. The Morgan fingerprint density at radius 1 is 1.57 bits per heavy atom. The molecule has 0 aromatic heterocycles. The van der Waals surface area contributed by atoms with Crippen molar-refractivity contribution in [2.24, 2.45) is 5.92 Å².